The van der Waals surface area contributed by atoms with Gasteiger partial charge in [-0.15, -0.1) is 0 Å². The third-order valence-electron chi connectivity index (χ3n) is 5.62. The number of nitrogens with zero attached hydrogens (tertiary/aromatic N) is 5. The minimum absolute atomic E-state index is 0.181. The fraction of sp³-hybridized carbons (Fsp3) is 0.526. The lowest BCUT2D eigenvalue weighted by Crippen LogP contribution is -2.54. The van der Waals surface area contributed by atoms with E-state index in [-0.39, 0.29) is 5.60 Å². The molecule has 0 aromatic carbocycles. The number of ether oxygens (including phenoxy) is 1. The molecule has 3 aromatic heterocycles. The number of aryl methyl sites for hydroxylation is 1. The highest BCUT2D eigenvalue weighted by Crippen LogP contribution is 2.45. The molecule has 7 nitrogen and oxygen atoms in total. The van der Waals surface area contributed by atoms with Gasteiger partial charge in [-0.25, -0.2) is 9.50 Å². The molecule has 7 heteroatoms. The maximum absolute atomic E-state index is 6.49. The Bertz CT molecular complexity index is 964. The molecule has 5 rings (SSSR count). The molecule has 3 heterocycles. The smallest absolute Gasteiger partial charge is 0.241 e. The van der Waals surface area contributed by atoms with Gasteiger partial charge in [0.2, 0.25) is 5.88 Å². The highest BCUT2D eigenvalue weighted by molar-refractivity contribution is 5.68. The lowest BCUT2D eigenvalue weighted by molar-refractivity contribution is -0.0153. The van der Waals surface area contributed by atoms with Gasteiger partial charge in [0.15, 0.2) is 0 Å². The first-order valence-electron chi connectivity index (χ1n) is 9.28. The van der Waals surface area contributed by atoms with Crippen LogP contribution in [0, 0.1) is 0 Å². The Morgan fingerprint density at radius 3 is 2.65 bits per heavy atom. The number of hydrogen-bond acceptors (Lipinski definition) is 5. The van der Waals surface area contributed by atoms with E-state index < -0.39 is 0 Å². The normalized spacial score (nSPS) is 25.4. The summed E-state index contributed by atoms with van der Waals surface area (Å²) >= 11 is 0. The van der Waals surface area contributed by atoms with Crippen molar-refractivity contribution in [2.24, 2.45) is 7.05 Å². The number of fused-ring (bicyclic) bond motifs is 1. The molecule has 0 spiro atoms. The van der Waals surface area contributed by atoms with Crippen molar-refractivity contribution in [2.45, 2.75) is 50.2 Å². The average Bonchev–Trinajstić information content (AvgIpc) is 3.19. The second-order valence-corrected chi connectivity index (χ2v) is 7.95. The van der Waals surface area contributed by atoms with Crippen LogP contribution in [0.4, 0.5) is 0 Å². The molecule has 0 radical (unpaired) electrons. The number of hydrogen-bond donors (Lipinski definition) is 1. The monoisotopic (exact) mass is 352 g/mol. The molecule has 26 heavy (non-hydrogen) atoms. The van der Waals surface area contributed by atoms with Crippen molar-refractivity contribution in [3.8, 4) is 17.1 Å². The van der Waals surface area contributed by atoms with Gasteiger partial charge < -0.3 is 10.1 Å². The molecule has 0 aliphatic heterocycles. The number of aromatic nitrogens is 5. The molecule has 0 bridgehead atoms. The third kappa shape index (κ3) is 2.58. The maximum Gasteiger partial charge on any atom is 0.241 e. The SMILES string of the molecule is CNC1CC(C)(Oc2nc(-c3cnn(C)c3)cn3ncc(C4CC4)c23)C1. The van der Waals surface area contributed by atoms with Crippen molar-refractivity contribution < 1.29 is 4.74 Å². The Morgan fingerprint density at radius 2 is 2.00 bits per heavy atom. The Morgan fingerprint density at radius 1 is 1.19 bits per heavy atom. The van der Waals surface area contributed by atoms with E-state index in [0.717, 1.165) is 29.6 Å². The molecule has 2 aliphatic carbocycles. The predicted octanol–water partition coefficient (Wildman–Crippen LogP) is 2.53. The van der Waals surface area contributed by atoms with Gasteiger partial charge in [-0.2, -0.15) is 10.2 Å². The standard InChI is InChI=1S/C19H24N6O/c1-19(6-14(7-19)20-2)26-18-17-15(12-4-5-12)9-22-25(17)11-16(23-18)13-8-21-24(3)10-13/h8-12,14,20H,4-7H2,1-3H3. The van der Waals surface area contributed by atoms with Crippen LogP contribution < -0.4 is 10.1 Å². The molecule has 2 aliphatic rings. The van der Waals surface area contributed by atoms with E-state index in [1.54, 1.807) is 4.68 Å². The van der Waals surface area contributed by atoms with Gasteiger partial charge in [-0.3, -0.25) is 4.68 Å². The van der Waals surface area contributed by atoms with Crippen molar-refractivity contribution in [1.82, 2.24) is 29.7 Å². The first-order chi connectivity index (χ1) is 12.5. The predicted molar refractivity (Wildman–Crippen MR) is 98.3 cm³/mol. The van der Waals surface area contributed by atoms with Crippen LogP contribution in [0.5, 0.6) is 5.88 Å². The summed E-state index contributed by atoms with van der Waals surface area (Å²) in [5.74, 6) is 1.29. The molecule has 2 fully saturated rings. The summed E-state index contributed by atoms with van der Waals surface area (Å²) in [4.78, 5) is 4.89. The van der Waals surface area contributed by atoms with Crippen LogP contribution in [0.1, 0.15) is 44.1 Å². The zero-order valence-corrected chi connectivity index (χ0v) is 15.4. The van der Waals surface area contributed by atoms with Crippen molar-refractivity contribution in [3.63, 3.8) is 0 Å². The number of rotatable bonds is 5. The zero-order chi connectivity index (χ0) is 17.9. The summed E-state index contributed by atoms with van der Waals surface area (Å²) < 4.78 is 10.2. The zero-order valence-electron chi connectivity index (χ0n) is 15.4. The van der Waals surface area contributed by atoms with Crippen LogP contribution in [-0.4, -0.2) is 43.1 Å². The van der Waals surface area contributed by atoms with Crippen molar-refractivity contribution >= 4 is 5.52 Å². The van der Waals surface area contributed by atoms with E-state index in [1.807, 2.05) is 43.4 Å². The molecule has 0 amide bonds. The van der Waals surface area contributed by atoms with E-state index in [0.29, 0.717) is 17.8 Å². The first-order valence-corrected chi connectivity index (χ1v) is 9.28. The van der Waals surface area contributed by atoms with E-state index in [2.05, 4.69) is 22.4 Å². The van der Waals surface area contributed by atoms with Gasteiger partial charge in [0.05, 0.1) is 24.3 Å². The van der Waals surface area contributed by atoms with E-state index in [4.69, 9.17) is 9.72 Å². The van der Waals surface area contributed by atoms with Gasteiger partial charge in [0, 0.05) is 43.3 Å². The van der Waals surface area contributed by atoms with Crippen molar-refractivity contribution in [2.75, 3.05) is 7.05 Å². The van der Waals surface area contributed by atoms with Gasteiger partial charge >= 0.3 is 0 Å². The van der Waals surface area contributed by atoms with Crippen molar-refractivity contribution in [3.05, 3.63) is 30.4 Å². The summed E-state index contributed by atoms with van der Waals surface area (Å²) in [5.41, 5.74) is 3.90. The molecule has 0 atom stereocenters. The molecule has 0 saturated heterocycles. The molecular weight excluding hydrogens is 328 g/mol. The van der Waals surface area contributed by atoms with Gasteiger partial charge in [-0.1, -0.05) is 0 Å². The van der Waals surface area contributed by atoms with Crippen molar-refractivity contribution in [1.29, 1.82) is 0 Å². The second kappa shape index (κ2) is 5.54. The third-order valence-corrected chi connectivity index (χ3v) is 5.62. The Hall–Kier alpha value is -2.41. The fourth-order valence-electron chi connectivity index (χ4n) is 3.96. The lowest BCUT2D eigenvalue weighted by Gasteiger charge is -2.44. The summed E-state index contributed by atoms with van der Waals surface area (Å²) in [7, 11) is 3.91. The largest absolute Gasteiger partial charge is 0.470 e. The average molecular weight is 352 g/mol. The first kappa shape index (κ1) is 15.8. The van der Waals surface area contributed by atoms with Gasteiger partial charge in [0.1, 0.15) is 11.1 Å². The minimum Gasteiger partial charge on any atom is -0.470 e. The highest BCUT2D eigenvalue weighted by atomic mass is 16.5. The Balaban J connectivity index is 1.59. The Kier molecular flexibility index (Phi) is 3.37. The summed E-state index contributed by atoms with van der Waals surface area (Å²) in [6.07, 6.45) is 12.2. The fourth-order valence-corrected chi connectivity index (χ4v) is 3.96. The van der Waals surface area contributed by atoms with E-state index in [9.17, 15) is 0 Å². The molecule has 2 saturated carbocycles. The molecule has 3 aromatic rings. The second-order valence-electron chi connectivity index (χ2n) is 7.95. The van der Waals surface area contributed by atoms with Crippen LogP contribution in [0.15, 0.2) is 24.8 Å². The molecule has 136 valence electrons. The van der Waals surface area contributed by atoms with E-state index in [1.165, 1.54) is 18.4 Å². The number of nitrogens with one attached hydrogen (secondary N) is 1. The molecule has 0 unspecified atom stereocenters. The lowest BCUT2D eigenvalue weighted by atomic mass is 9.77. The van der Waals surface area contributed by atoms with Crippen LogP contribution >= 0.6 is 0 Å². The van der Waals surface area contributed by atoms with Crippen LogP contribution in [-0.2, 0) is 7.05 Å². The summed E-state index contributed by atoms with van der Waals surface area (Å²) in [6, 6.07) is 0.519. The van der Waals surface area contributed by atoms with Crippen LogP contribution in [0.3, 0.4) is 0 Å². The van der Waals surface area contributed by atoms with Gasteiger partial charge in [-0.05, 0) is 32.7 Å². The summed E-state index contributed by atoms with van der Waals surface area (Å²) in [5, 5.41) is 12.2. The Labute approximate surface area is 152 Å². The summed E-state index contributed by atoms with van der Waals surface area (Å²) in [6.45, 7) is 2.17. The van der Waals surface area contributed by atoms with Crippen LogP contribution in [0.2, 0.25) is 0 Å². The minimum atomic E-state index is -0.181. The highest BCUT2D eigenvalue weighted by Gasteiger charge is 2.43. The maximum atomic E-state index is 6.49. The quantitative estimate of drug-likeness (QED) is 0.764. The molecule has 1 N–H and O–H groups in total. The topological polar surface area (TPSA) is 69.3 Å². The molecular formula is C19H24N6O. The van der Waals surface area contributed by atoms with Gasteiger partial charge in [0.25, 0.3) is 0 Å². The van der Waals surface area contributed by atoms with E-state index >= 15 is 0 Å². The van der Waals surface area contributed by atoms with Crippen LogP contribution in [0.25, 0.3) is 16.8 Å².